The monoisotopic (exact) mass is 353 g/mol. The molecule has 0 aromatic heterocycles. The molecule has 1 atom stereocenters. The van der Waals surface area contributed by atoms with E-state index in [1.807, 2.05) is 45.0 Å². The minimum atomic E-state index is -0.170. The molecule has 2 aromatic carbocycles. The molecule has 1 heterocycles. The summed E-state index contributed by atoms with van der Waals surface area (Å²) in [5.74, 6) is 0.320. The Morgan fingerprint density at radius 1 is 1.04 bits per heavy atom. The fraction of sp³-hybridized carbons (Fsp3) is 0.381. The number of amides is 1. The number of anilines is 2. The molecule has 0 aliphatic carbocycles. The zero-order valence-corrected chi connectivity index (χ0v) is 15.7. The van der Waals surface area contributed by atoms with Crippen LogP contribution >= 0.6 is 0 Å². The maximum atomic E-state index is 12.7. The van der Waals surface area contributed by atoms with Crippen LogP contribution in [-0.2, 0) is 4.79 Å². The highest BCUT2D eigenvalue weighted by atomic mass is 16.3. The summed E-state index contributed by atoms with van der Waals surface area (Å²) < 4.78 is 0. The number of nitrogens with zero attached hydrogens (tertiary/aromatic N) is 2. The minimum absolute atomic E-state index is 0.0387. The van der Waals surface area contributed by atoms with E-state index in [-0.39, 0.29) is 17.7 Å². The smallest absolute Gasteiger partial charge is 0.241 e. The van der Waals surface area contributed by atoms with Crippen LogP contribution in [-0.4, -0.2) is 48.1 Å². The number of aromatic hydroxyl groups is 1. The van der Waals surface area contributed by atoms with Crippen molar-refractivity contribution in [2.24, 2.45) is 0 Å². The van der Waals surface area contributed by atoms with E-state index in [0.29, 0.717) is 0 Å². The number of benzene rings is 2. The molecule has 1 aliphatic rings. The first-order valence-corrected chi connectivity index (χ1v) is 9.10. The number of hydrogen-bond acceptors (Lipinski definition) is 4. The van der Waals surface area contributed by atoms with Gasteiger partial charge in [0.15, 0.2) is 0 Å². The van der Waals surface area contributed by atoms with E-state index in [9.17, 15) is 9.90 Å². The number of piperazine rings is 1. The Labute approximate surface area is 155 Å². The lowest BCUT2D eigenvalue weighted by Gasteiger charge is -2.38. The summed E-state index contributed by atoms with van der Waals surface area (Å²) in [5, 5.41) is 12.5. The minimum Gasteiger partial charge on any atom is -0.508 e. The van der Waals surface area contributed by atoms with Crippen molar-refractivity contribution in [3.63, 3.8) is 0 Å². The number of carbonyl (C=O) groups excluding carboxylic acids is 1. The Morgan fingerprint density at radius 3 is 2.35 bits per heavy atom. The predicted molar refractivity (Wildman–Crippen MR) is 106 cm³/mol. The molecule has 5 nitrogen and oxygen atoms in total. The Hall–Kier alpha value is -2.53. The number of aryl methyl sites for hydroxylation is 2. The number of hydrogen-bond donors (Lipinski definition) is 2. The lowest BCUT2D eigenvalue weighted by atomic mass is 10.1. The topological polar surface area (TPSA) is 55.8 Å². The molecule has 2 N–H and O–H groups in total. The molecular formula is C21H27N3O2. The van der Waals surface area contributed by atoms with Crippen molar-refractivity contribution in [1.29, 1.82) is 0 Å². The molecule has 1 amide bonds. The summed E-state index contributed by atoms with van der Waals surface area (Å²) in [6.07, 6.45) is 0. The number of carbonyl (C=O) groups is 1. The average molecular weight is 353 g/mol. The van der Waals surface area contributed by atoms with Crippen molar-refractivity contribution in [2.75, 3.05) is 36.4 Å². The molecule has 0 unspecified atom stereocenters. The van der Waals surface area contributed by atoms with E-state index in [1.54, 1.807) is 12.1 Å². The van der Waals surface area contributed by atoms with Gasteiger partial charge < -0.3 is 15.3 Å². The second-order valence-electron chi connectivity index (χ2n) is 7.02. The third kappa shape index (κ3) is 4.17. The largest absolute Gasteiger partial charge is 0.508 e. The molecule has 5 heteroatoms. The van der Waals surface area contributed by atoms with Crippen LogP contribution in [0.2, 0.25) is 0 Å². The van der Waals surface area contributed by atoms with Crippen molar-refractivity contribution < 1.29 is 9.90 Å². The van der Waals surface area contributed by atoms with Gasteiger partial charge in [-0.25, -0.2) is 0 Å². The summed E-state index contributed by atoms with van der Waals surface area (Å²) in [7, 11) is 0. The summed E-state index contributed by atoms with van der Waals surface area (Å²) in [5.41, 5.74) is 4.22. The van der Waals surface area contributed by atoms with E-state index in [4.69, 9.17) is 0 Å². The number of rotatable bonds is 4. The number of nitrogens with one attached hydrogen (secondary N) is 1. The maximum Gasteiger partial charge on any atom is 0.241 e. The average Bonchev–Trinajstić information content (AvgIpc) is 2.65. The molecule has 26 heavy (non-hydrogen) atoms. The number of phenols is 1. The molecule has 3 rings (SSSR count). The molecule has 1 aliphatic heterocycles. The van der Waals surface area contributed by atoms with Crippen molar-refractivity contribution in [3.8, 4) is 5.75 Å². The summed E-state index contributed by atoms with van der Waals surface area (Å²) in [4.78, 5) is 17.2. The zero-order valence-electron chi connectivity index (χ0n) is 15.7. The van der Waals surface area contributed by atoms with Gasteiger partial charge in [0.25, 0.3) is 0 Å². The van der Waals surface area contributed by atoms with E-state index in [0.717, 1.165) is 48.7 Å². The first-order chi connectivity index (χ1) is 12.4. The maximum absolute atomic E-state index is 12.7. The first kappa shape index (κ1) is 18.3. The van der Waals surface area contributed by atoms with E-state index in [1.165, 1.54) is 0 Å². The molecule has 0 saturated carbocycles. The zero-order chi connectivity index (χ0) is 18.7. The van der Waals surface area contributed by atoms with Gasteiger partial charge in [-0.15, -0.1) is 0 Å². The van der Waals surface area contributed by atoms with Crippen LogP contribution in [0.25, 0.3) is 0 Å². The summed E-state index contributed by atoms with van der Waals surface area (Å²) in [6.45, 7) is 9.41. The normalized spacial score (nSPS) is 16.3. The highest BCUT2D eigenvalue weighted by molar-refractivity contribution is 5.95. The van der Waals surface area contributed by atoms with Gasteiger partial charge in [0.1, 0.15) is 5.75 Å². The lowest BCUT2D eigenvalue weighted by molar-refractivity contribution is -0.120. The van der Waals surface area contributed by atoms with Gasteiger partial charge in [0.05, 0.1) is 6.04 Å². The van der Waals surface area contributed by atoms with Crippen LogP contribution in [0.15, 0.2) is 42.5 Å². The second-order valence-corrected chi connectivity index (χ2v) is 7.02. The fourth-order valence-corrected chi connectivity index (χ4v) is 3.30. The highest BCUT2D eigenvalue weighted by Crippen LogP contribution is 2.21. The molecule has 1 saturated heterocycles. The number of phenolic OH excluding ortho intramolecular Hbond substituents is 1. The quantitative estimate of drug-likeness (QED) is 0.887. The Balaban J connectivity index is 1.57. The molecular weight excluding hydrogens is 326 g/mol. The Kier molecular flexibility index (Phi) is 5.47. The standard InChI is InChI=1S/C21H27N3O2/c1-15-4-5-16(2)20(14-15)22-21(26)17(3)23-10-12-24(13-11-23)18-6-8-19(25)9-7-18/h4-9,14,17,25H,10-13H2,1-3H3,(H,22,26)/t17-/m0/s1. The summed E-state index contributed by atoms with van der Waals surface area (Å²) >= 11 is 0. The van der Waals surface area contributed by atoms with E-state index in [2.05, 4.69) is 21.2 Å². The molecule has 2 aromatic rings. The van der Waals surface area contributed by atoms with Crippen molar-refractivity contribution in [3.05, 3.63) is 53.6 Å². The molecule has 0 spiro atoms. The van der Waals surface area contributed by atoms with E-state index < -0.39 is 0 Å². The van der Waals surface area contributed by atoms with Gasteiger partial charge in [0, 0.05) is 37.6 Å². The predicted octanol–water partition coefficient (Wildman–Crippen LogP) is 3.16. The Bertz CT molecular complexity index is 765. The second kappa shape index (κ2) is 7.79. The van der Waals surface area contributed by atoms with Gasteiger partial charge in [0.2, 0.25) is 5.91 Å². The van der Waals surface area contributed by atoms with Crippen molar-refractivity contribution >= 4 is 17.3 Å². The van der Waals surface area contributed by atoms with Gasteiger partial charge in [-0.1, -0.05) is 12.1 Å². The van der Waals surface area contributed by atoms with Crippen LogP contribution in [0.1, 0.15) is 18.1 Å². The molecule has 0 radical (unpaired) electrons. The van der Waals surface area contributed by atoms with Gasteiger partial charge in [-0.05, 0) is 62.2 Å². The van der Waals surface area contributed by atoms with Gasteiger partial charge in [-0.3, -0.25) is 9.69 Å². The Morgan fingerprint density at radius 2 is 1.69 bits per heavy atom. The molecule has 138 valence electrons. The first-order valence-electron chi connectivity index (χ1n) is 9.10. The SMILES string of the molecule is Cc1ccc(C)c(NC(=O)[C@H](C)N2CCN(c3ccc(O)cc3)CC2)c1. The molecule has 1 fully saturated rings. The van der Waals surface area contributed by atoms with Crippen LogP contribution in [0.3, 0.4) is 0 Å². The lowest BCUT2D eigenvalue weighted by Crippen LogP contribution is -2.52. The van der Waals surface area contributed by atoms with Crippen LogP contribution in [0.4, 0.5) is 11.4 Å². The van der Waals surface area contributed by atoms with Crippen molar-refractivity contribution in [1.82, 2.24) is 4.90 Å². The fourth-order valence-electron chi connectivity index (χ4n) is 3.30. The van der Waals surface area contributed by atoms with Crippen molar-refractivity contribution in [2.45, 2.75) is 26.8 Å². The third-order valence-corrected chi connectivity index (χ3v) is 5.11. The molecule has 0 bridgehead atoms. The van der Waals surface area contributed by atoms with Crippen LogP contribution < -0.4 is 10.2 Å². The highest BCUT2D eigenvalue weighted by Gasteiger charge is 2.26. The van der Waals surface area contributed by atoms with Crippen LogP contribution in [0.5, 0.6) is 5.75 Å². The van der Waals surface area contributed by atoms with Gasteiger partial charge in [-0.2, -0.15) is 0 Å². The third-order valence-electron chi connectivity index (χ3n) is 5.11. The van der Waals surface area contributed by atoms with Crippen LogP contribution in [0, 0.1) is 13.8 Å². The van der Waals surface area contributed by atoms with E-state index >= 15 is 0 Å². The van der Waals surface area contributed by atoms with Gasteiger partial charge >= 0.3 is 0 Å². The summed E-state index contributed by atoms with van der Waals surface area (Å²) in [6, 6.07) is 13.2.